The summed E-state index contributed by atoms with van der Waals surface area (Å²) >= 11 is 0. The van der Waals surface area contributed by atoms with Gasteiger partial charge in [0, 0.05) is 18.7 Å². The van der Waals surface area contributed by atoms with Gasteiger partial charge in [-0.3, -0.25) is 4.79 Å². The van der Waals surface area contributed by atoms with Crippen LogP contribution in [-0.2, 0) is 11.3 Å². The zero-order valence-corrected chi connectivity index (χ0v) is 12.9. The summed E-state index contributed by atoms with van der Waals surface area (Å²) in [5, 5.41) is 0. The Morgan fingerprint density at radius 2 is 2.00 bits per heavy atom. The molecule has 1 aliphatic heterocycles. The third kappa shape index (κ3) is 3.68. The molecule has 0 unspecified atom stereocenters. The summed E-state index contributed by atoms with van der Waals surface area (Å²) in [6, 6.07) is 13.4. The molecule has 0 aromatic heterocycles. The van der Waals surface area contributed by atoms with Crippen molar-refractivity contribution in [3.8, 4) is 5.75 Å². The fraction of sp³-hybridized carbons (Fsp3) is 0.278. The second-order valence-corrected chi connectivity index (χ2v) is 5.51. The molecule has 3 rings (SSSR count). The summed E-state index contributed by atoms with van der Waals surface area (Å²) in [6.07, 6.45) is -0.00664. The predicted octanol–water partition coefficient (Wildman–Crippen LogP) is 2.88. The molecule has 0 aliphatic carbocycles. The summed E-state index contributed by atoms with van der Waals surface area (Å²) in [6.45, 7) is 1.44. The highest BCUT2D eigenvalue weighted by Crippen LogP contribution is 2.20. The molecule has 0 radical (unpaired) electrons. The molecule has 0 spiro atoms. The smallest absolute Gasteiger partial charge is 0.254 e. The van der Waals surface area contributed by atoms with Crippen molar-refractivity contribution < 1.29 is 18.7 Å². The molecule has 2 aromatic rings. The number of ether oxygens (including phenoxy) is 2. The van der Waals surface area contributed by atoms with E-state index in [1.54, 1.807) is 42.3 Å². The van der Waals surface area contributed by atoms with E-state index >= 15 is 0 Å². The van der Waals surface area contributed by atoms with E-state index in [2.05, 4.69) is 0 Å². The van der Waals surface area contributed by atoms with E-state index in [0.29, 0.717) is 31.0 Å². The van der Waals surface area contributed by atoms with Crippen molar-refractivity contribution in [2.75, 3.05) is 20.2 Å². The molecule has 5 heteroatoms. The van der Waals surface area contributed by atoms with Crippen molar-refractivity contribution in [1.29, 1.82) is 0 Å². The Balaban J connectivity index is 1.49. The zero-order valence-electron chi connectivity index (χ0n) is 12.9. The SMILES string of the molecule is COc1cccc(C(=O)N2CC(OCc3cccc(F)c3)C2)c1. The number of amides is 1. The maximum absolute atomic E-state index is 13.1. The first kappa shape index (κ1) is 15.5. The van der Waals surface area contributed by atoms with Gasteiger partial charge in [0.15, 0.2) is 0 Å². The van der Waals surface area contributed by atoms with Crippen LogP contribution >= 0.6 is 0 Å². The van der Waals surface area contributed by atoms with Gasteiger partial charge in [0.05, 0.1) is 19.8 Å². The number of benzene rings is 2. The number of methoxy groups -OCH3 is 1. The van der Waals surface area contributed by atoms with Gasteiger partial charge in [-0.1, -0.05) is 18.2 Å². The van der Waals surface area contributed by atoms with Crippen molar-refractivity contribution in [2.24, 2.45) is 0 Å². The summed E-state index contributed by atoms with van der Waals surface area (Å²) in [5.74, 6) is 0.360. The van der Waals surface area contributed by atoms with Crippen molar-refractivity contribution in [2.45, 2.75) is 12.7 Å². The maximum Gasteiger partial charge on any atom is 0.254 e. The maximum atomic E-state index is 13.1. The first-order valence-electron chi connectivity index (χ1n) is 7.45. The first-order chi connectivity index (χ1) is 11.2. The number of carbonyl (C=O) groups excluding carboxylic acids is 1. The molecule has 1 saturated heterocycles. The van der Waals surface area contributed by atoms with Gasteiger partial charge in [0.2, 0.25) is 0 Å². The molecule has 1 heterocycles. The number of halogens is 1. The summed E-state index contributed by atoms with van der Waals surface area (Å²) in [5.41, 5.74) is 1.40. The van der Waals surface area contributed by atoms with E-state index in [0.717, 1.165) is 5.56 Å². The average Bonchev–Trinajstić information content (AvgIpc) is 2.53. The minimum Gasteiger partial charge on any atom is -0.497 e. The molecule has 1 aliphatic rings. The van der Waals surface area contributed by atoms with Gasteiger partial charge in [-0.2, -0.15) is 0 Å². The Labute approximate surface area is 134 Å². The van der Waals surface area contributed by atoms with Crippen molar-refractivity contribution in [3.63, 3.8) is 0 Å². The van der Waals surface area contributed by atoms with E-state index in [4.69, 9.17) is 9.47 Å². The largest absolute Gasteiger partial charge is 0.497 e. The minimum absolute atomic E-state index is 0.00664. The van der Waals surface area contributed by atoms with Crippen LogP contribution in [0.3, 0.4) is 0 Å². The van der Waals surface area contributed by atoms with Crippen molar-refractivity contribution >= 4 is 5.91 Å². The second kappa shape index (κ2) is 6.79. The average molecular weight is 315 g/mol. The third-order valence-corrected chi connectivity index (χ3v) is 3.83. The zero-order chi connectivity index (χ0) is 16.2. The Kier molecular flexibility index (Phi) is 4.57. The third-order valence-electron chi connectivity index (χ3n) is 3.83. The lowest BCUT2D eigenvalue weighted by Crippen LogP contribution is -2.54. The standard InChI is InChI=1S/C18H18FNO3/c1-22-16-7-3-5-14(9-16)18(21)20-10-17(11-20)23-12-13-4-2-6-15(19)8-13/h2-9,17H,10-12H2,1H3. The van der Waals surface area contributed by atoms with E-state index in [1.807, 2.05) is 6.07 Å². The Morgan fingerprint density at radius 1 is 1.22 bits per heavy atom. The monoisotopic (exact) mass is 315 g/mol. The number of likely N-dealkylation sites (tertiary alicyclic amines) is 1. The van der Waals surface area contributed by atoms with Crippen LogP contribution in [0.4, 0.5) is 4.39 Å². The van der Waals surface area contributed by atoms with E-state index in [1.165, 1.54) is 12.1 Å². The highest BCUT2D eigenvalue weighted by atomic mass is 19.1. The Morgan fingerprint density at radius 3 is 2.74 bits per heavy atom. The second-order valence-electron chi connectivity index (χ2n) is 5.51. The lowest BCUT2D eigenvalue weighted by atomic mass is 10.1. The lowest BCUT2D eigenvalue weighted by Gasteiger charge is -2.39. The van der Waals surface area contributed by atoms with Crippen LogP contribution in [0.25, 0.3) is 0 Å². The number of carbonyl (C=O) groups is 1. The number of rotatable bonds is 5. The van der Waals surface area contributed by atoms with Gasteiger partial charge in [-0.05, 0) is 35.9 Å². The number of hydrogen-bond acceptors (Lipinski definition) is 3. The van der Waals surface area contributed by atoms with Crippen LogP contribution in [0.1, 0.15) is 15.9 Å². The van der Waals surface area contributed by atoms with E-state index < -0.39 is 0 Å². The molecule has 0 N–H and O–H groups in total. The van der Waals surface area contributed by atoms with Gasteiger partial charge in [0.1, 0.15) is 11.6 Å². The molecular weight excluding hydrogens is 297 g/mol. The highest BCUT2D eigenvalue weighted by molar-refractivity contribution is 5.95. The van der Waals surface area contributed by atoms with Crippen LogP contribution in [-0.4, -0.2) is 37.1 Å². The summed E-state index contributed by atoms with van der Waals surface area (Å²) < 4.78 is 23.9. The molecule has 23 heavy (non-hydrogen) atoms. The fourth-order valence-electron chi connectivity index (χ4n) is 2.49. The Bertz CT molecular complexity index is 698. The van der Waals surface area contributed by atoms with E-state index in [-0.39, 0.29) is 17.8 Å². The van der Waals surface area contributed by atoms with Gasteiger partial charge < -0.3 is 14.4 Å². The van der Waals surface area contributed by atoms with Gasteiger partial charge >= 0.3 is 0 Å². The topological polar surface area (TPSA) is 38.8 Å². The van der Waals surface area contributed by atoms with Crippen LogP contribution < -0.4 is 4.74 Å². The summed E-state index contributed by atoms with van der Waals surface area (Å²) in [7, 11) is 1.57. The molecule has 4 nitrogen and oxygen atoms in total. The molecule has 0 bridgehead atoms. The Hall–Kier alpha value is -2.40. The molecule has 1 fully saturated rings. The van der Waals surface area contributed by atoms with Crippen LogP contribution in [0, 0.1) is 5.82 Å². The highest BCUT2D eigenvalue weighted by Gasteiger charge is 2.32. The van der Waals surface area contributed by atoms with Crippen LogP contribution in [0.2, 0.25) is 0 Å². The van der Waals surface area contributed by atoms with Gasteiger partial charge in [-0.25, -0.2) is 4.39 Å². The van der Waals surface area contributed by atoms with Gasteiger partial charge in [0.25, 0.3) is 5.91 Å². The van der Waals surface area contributed by atoms with Crippen molar-refractivity contribution in [1.82, 2.24) is 4.90 Å². The quantitative estimate of drug-likeness (QED) is 0.851. The minimum atomic E-state index is -0.269. The molecule has 2 aromatic carbocycles. The normalized spacial score (nSPS) is 14.4. The molecule has 0 atom stereocenters. The molecule has 0 saturated carbocycles. The first-order valence-corrected chi connectivity index (χ1v) is 7.45. The van der Waals surface area contributed by atoms with E-state index in [9.17, 15) is 9.18 Å². The lowest BCUT2D eigenvalue weighted by molar-refractivity contribution is -0.0503. The fourth-order valence-corrected chi connectivity index (χ4v) is 2.49. The number of hydrogen-bond donors (Lipinski definition) is 0. The molecule has 1 amide bonds. The molecule has 120 valence electrons. The van der Waals surface area contributed by atoms with Crippen LogP contribution in [0.15, 0.2) is 48.5 Å². The van der Waals surface area contributed by atoms with Crippen LogP contribution in [0.5, 0.6) is 5.75 Å². The number of nitrogens with zero attached hydrogens (tertiary/aromatic N) is 1. The van der Waals surface area contributed by atoms with Crippen molar-refractivity contribution in [3.05, 3.63) is 65.5 Å². The summed E-state index contributed by atoms with van der Waals surface area (Å²) in [4.78, 5) is 14.1. The molecular formula is C18H18FNO3. The predicted molar refractivity (Wildman–Crippen MR) is 83.9 cm³/mol. The van der Waals surface area contributed by atoms with Gasteiger partial charge in [-0.15, -0.1) is 0 Å².